The highest BCUT2D eigenvalue weighted by Gasteiger charge is 2.31. The lowest BCUT2D eigenvalue weighted by Crippen LogP contribution is -2.28. The van der Waals surface area contributed by atoms with Crippen LogP contribution in [0.1, 0.15) is 49.1 Å². The molecule has 3 aromatic rings. The van der Waals surface area contributed by atoms with Gasteiger partial charge in [0.25, 0.3) is 0 Å². The Morgan fingerprint density at radius 2 is 1.91 bits per heavy atom. The van der Waals surface area contributed by atoms with Crippen LogP contribution in [0.15, 0.2) is 59.6 Å². The van der Waals surface area contributed by atoms with Crippen LogP contribution in [0, 0.1) is 6.92 Å². The molecule has 0 unspecified atom stereocenters. The second kappa shape index (κ2) is 9.53. The highest BCUT2D eigenvalue weighted by atomic mass is 16.5. The molecular weight excluding hydrogens is 426 g/mol. The number of carboxylic acids is 1. The fraction of sp³-hybridized carbons (Fsp3) is 0.310. The van der Waals surface area contributed by atoms with E-state index in [4.69, 9.17) is 9.47 Å². The molecule has 0 saturated carbocycles. The maximum atomic E-state index is 12.5. The number of carboxylic acid groups (broad SMARTS) is 1. The van der Waals surface area contributed by atoms with Crippen LogP contribution in [0.2, 0.25) is 0 Å². The SMILES string of the molecule is CN=C/C=C1/COCc2ccc(-c3c([C@H](OC(C)(C)C)C(=O)O)c(C)cc4ccccc34)cc21. The summed E-state index contributed by atoms with van der Waals surface area (Å²) >= 11 is 0. The standard InChI is InChI=1S/C29H31NO4/c1-18-14-19-8-6-7-9-23(19)26(25(18)27(28(31)32)34-29(2,3)4)20-10-11-21-16-33-17-22(12-13-30-5)24(21)15-20/h6-15,27H,16-17H2,1-5H3,(H,31,32)/b22-12-,30-13?/t27-/m0/s1. The first-order valence-corrected chi connectivity index (χ1v) is 11.4. The molecule has 0 saturated heterocycles. The van der Waals surface area contributed by atoms with Gasteiger partial charge in [0.2, 0.25) is 0 Å². The number of benzene rings is 3. The Labute approximate surface area is 200 Å². The van der Waals surface area contributed by atoms with Crippen molar-refractivity contribution in [3.05, 3.63) is 76.9 Å². The Morgan fingerprint density at radius 1 is 1.15 bits per heavy atom. The molecule has 176 valence electrons. The number of aliphatic imine (C=N–C) groups is 1. The third-order valence-corrected chi connectivity index (χ3v) is 5.94. The van der Waals surface area contributed by atoms with Gasteiger partial charge >= 0.3 is 5.97 Å². The smallest absolute Gasteiger partial charge is 0.337 e. The number of aliphatic carboxylic acids is 1. The van der Waals surface area contributed by atoms with Gasteiger partial charge in [0, 0.05) is 18.8 Å². The molecule has 3 aromatic carbocycles. The molecule has 0 aliphatic carbocycles. The topological polar surface area (TPSA) is 68.1 Å². The number of hydrogen-bond acceptors (Lipinski definition) is 4. The number of fused-ring (bicyclic) bond motifs is 2. The van der Waals surface area contributed by atoms with E-state index < -0.39 is 17.7 Å². The van der Waals surface area contributed by atoms with Crippen LogP contribution < -0.4 is 0 Å². The van der Waals surface area contributed by atoms with Crippen molar-refractivity contribution >= 4 is 28.5 Å². The number of aryl methyl sites for hydroxylation is 1. The van der Waals surface area contributed by atoms with E-state index in [1.54, 1.807) is 13.3 Å². The fourth-order valence-electron chi connectivity index (χ4n) is 4.55. The Balaban J connectivity index is 2.02. The first-order valence-electron chi connectivity index (χ1n) is 11.4. The second-order valence-corrected chi connectivity index (χ2v) is 9.62. The van der Waals surface area contributed by atoms with Crippen LogP contribution >= 0.6 is 0 Å². The first kappa shape index (κ1) is 23.9. The van der Waals surface area contributed by atoms with Gasteiger partial charge in [-0.25, -0.2) is 4.79 Å². The van der Waals surface area contributed by atoms with Crippen molar-refractivity contribution in [2.24, 2.45) is 4.99 Å². The zero-order chi connectivity index (χ0) is 24.5. The molecule has 0 fully saturated rings. The third kappa shape index (κ3) is 4.81. The summed E-state index contributed by atoms with van der Waals surface area (Å²) in [5.41, 5.74) is 6.06. The van der Waals surface area contributed by atoms with Crippen LogP contribution in [0.3, 0.4) is 0 Å². The number of ether oxygens (including phenoxy) is 2. The summed E-state index contributed by atoms with van der Waals surface area (Å²) in [4.78, 5) is 16.6. The molecule has 1 aliphatic heterocycles. The van der Waals surface area contributed by atoms with E-state index >= 15 is 0 Å². The molecule has 0 aromatic heterocycles. The van der Waals surface area contributed by atoms with Gasteiger partial charge in [-0.05, 0) is 84.0 Å². The molecule has 1 N–H and O–H groups in total. The van der Waals surface area contributed by atoms with Crippen molar-refractivity contribution in [3.63, 3.8) is 0 Å². The summed E-state index contributed by atoms with van der Waals surface area (Å²) < 4.78 is 11.9. The van der Waals surface area contributed by atoms with E-state index in [0.29, 0.717) is 18.8 Å². The number of carbonyl (C=O) groups is 1. The van der Waals surface area contributed by atoms with Gasteiger partial charge < -0.3 is 14.6 Å². The lowest BCUT2D eigenvalue weighted by atomic mass is 9.85. The predicted molar refractivity (Wildman–Crippen MR) is 137 cm³/mol. The van der Waals surface area contributed by atoms with Crippen molar-refractivity contribution in [1.82, 2.24) is 0 Å². The van der Waals surface area contributed by atoms with E-state index in [9.17, 15) is 9.90 Å². The fourth-order valence-corrected chi connectivity index (χ4v) is 4.55. The Bertz CT molecular complexity index is 1300. The van der Waals surface area contributed by atoms with Crippen molar-refractivity contribution in [3.8, 4) is 11.1 Å². The normalized spacial score (nSPS) is 16.2. The van der Waals surface area contributed by atoms with Crippen LogP contribution in [-0.4, -0.2) is 36.5 Å². The average molecular weight is 458 g/mol. The highest BCUT2D eigenvalue weighted by molar-refractivity contribution is 6.01. The largest absolute Gasteiger partial charge is 0.479 e. The maximum Gasteiger partial charge on any atom is 0.337 e. The summed E-state index contributed by atoms with van der Waals surface area (Å²) in [7, 11) is 1.74. The lowest BCUT2D eigenvalue weighted by Gasteiger charge is -2.29. The minimum absolute atomic E-state index is 0.509. The van der Waals surface area contributed by atoms with Crippen LogP contribution in [0.4, 0.5) is 0 Å². The molecule has 5 heteroatoms. The number of nitrogens with zero attached hydrogens (tertiary/aromatic N) is 1. The quantitative estimate of drug-likeness (QED) is 0.452. The number of hydrogen-bond donors (Lipinski definition) is 1. The molecule has 0 spiro atoms. The second-order valence-electron chi connectivity index (χ2n) is 9.62. The van der Waals surface area contributed by atoms with E-state index in [-0.39, 0.29) is 0 Å². The summed E-state index contributed by atoms with van der Waals surface area (Å²) in [6.45, 7) is 8.65. The third-order valence-electron chi connectivity index (χ3n) is 5.94. The van der Waals surface area contributed by atoms with Crippen molar-refractivity contribution < 1.29 is 19.4 Å². The first-order chi connectivity index (χ1) is 16.2. The highest BCUT2D eigenvalue weighted by Crippen LogP contribution is 2.42. The minimum atomic E-state index is -1.10. The number of allylic oxidation sites excluding steroid dienone is 1. The molecule has 0 amide bonds. The summed E-state index contributed by atoms with van der Waals surface area (Å²) in [5.74, 6) is -0.999. The number of rotatable bonds is 5. The minimum Gasteiger partial charge on any atom is -0.479 e. The van der Waals surface area contributed by atoms with Crippen LogP contribution in [0.25, 0.3) is 27.5 Å². The Hall–Kier alpha value is -3.28. The molecule has 1 atom stereocenters. The molecule has 0 bridgehead atoms. The summed E-state index contributed by atoms with van der Waals surface area (Å²) in [5, 5.41) is 12.3. The molecule has 1 heterocycles. The van der Waals surface area contributed by atoms with Gasteiger partial charge in [0.1, 0.15) is 0 Å². The summed E-state index contributed by atoms with van der Waals surface area (Å²) in [6, 6.07) is 16.4. The van der Waals surface area contributed by atoms with Gasteiger partial charge in [0.15, 0.2) is 6.10 Å². The van der Waals surface area contributed by atoms with Gasteiger partial charge in [-0.2, -0.15) is 0 Å². The lowest BCUT2D eigenvalue weighted by molar-refractivity contribution is -0.160. The van der Waals surface area contributed by atoms with Crippen molar-refractivity contribution in [1.29, 1.82) is 0 Å². The molecular formula is C29H31NO4. The van der Waals surface area contributed by atoms with Gasteiger partial charge in [0.05, 0.1) is 18.8 Å². The van der Waals surface area contributed by atoms with Crippen molar-refractivity contribution in [2.45, 2.75) is 46.0 Å². The zero-order valence-electron chi connectivity index (χ0n) is 20.4. The van der Waals surface area contributed by atoms with E-state index in [2.05, 4.69) is 29.3 Å². The van der Waals surface area contributed by atoms with Gasteiger partial charge in [-0.1, -0.05) is 42.5 Å². The monoisotopic (exact) mass is 457 g/mol. The van der Waals surface area contributed by atoms with Crippen LogP contribution in [-0.2, 0) is 20.9 Å². The summed E-state index contributed by atoms with van der Waals surface area (Å²) in [6.07, 6.45) is 2.65. The zero-order valence-corrected chi connectivity index (χ0v) is 20.4. The van der Waals surface area contributed by atoms with Gasteiger partial charge in [-0.15, -0.1) is 0 Å². The predicted octanol–water partition coefficient (Wildman–Crippen LogP) is 6.37. The van der Waals surface area contributed by atoms with Crippen LogP contribution in [0.5, 0.6) is 0 Å². The molecule has 5 nitrogen and oxygen atoms in total. The molecule has 0 radical (unpaired) electrons. The average Bonchev–Trinajstić information content (AvgIpc) is 2.79. The molecule has 1 aliphatic rings. The Kier molecular flexibility index (Phi) is 6.69. The maximum absolute atomic E-state index is 12.5. The Morgan fingerprint density at radius 3 is 2.62 bits per heavy atom. The van der Waals surface area contributed by atoms with Crippen molar-refractivity contribution in [2.75, 3.05) is 13.7 Å². The van der Waals surface area contributed by atoms with E-state index in [0.717, 1.165) is 44.2 Å². The molecule has 34 heavy (non-hydrogen) atoms. The van der Waals surface area contributed by atoms with E-state index in [1.807, 2.05) is 58.0 Å². The molecule has 4 rings (SSSR count). The van der Waals surface area contributed by atoms with E-state index in [1.165, 1.54) is 0 Å². The van der Waals surface area contributed by atoms with Gasteiger partial charge in [-0.3, -0.25) is 4.99 Å².